The molecule has 0 amide bonds. The average molecular weight is 219 g/mol. The Balaban J connectivity index is 2.11. The van der Waals surface area contributed by atoms with Gasteiger partial charge >= 0.3 is 0 Å². The summed E-state index contributed by atoms with van der Waals surface area (Å²) < 4.78 is 27.6. The standard InChI is InChI=1S/C9H17NO3S/c10-14(11,12)7-8-9(5-6-13-8)3-1-2-4-9/h8H,1-7H2,(H2,10,11,12). The zero-order valence-electron chi connectivity index (χ0n) is 8.24. The molecule has 1 aliphatic carbocycles. The van der Waals surface area contributed by atoms with Gasteiger partial charge in [0, 0.05) is 6.61 Å². The summed E-state index contributed by atoms with van der Waals surface area (Å²) in [6.45, 7) is 0.695. The Morgan fingerprint density at radius 1 is 1.29 bits per heavy atom. The van der Waals surface area contributed by atoms with Crippen molar-refractivity contribution in [1.29, 1.82) is 0 Å². The van der Waals surface area contributed by atoms with Crippen LogP contribution in [0.1, 0.15) is 32.1 Å². The molecular weight excluding hydrogens is 202 g/mol. The first-order chi connectivity index (χ1) is 6.52. The molecule has 0 bridgehead atoms. The first-order valence-electron chi connectivity index (χ1n) is 5.14. The van der Waals surface area contributed by atoms with Gasteiger partial charge in [-0.3, -0.25) is 0 Å². The lowest BCUT2D eigenvalue weighted by molar-refractivity contribution is 0.0691. The molecule has 1 heterocycles. The molecule has 1 aliphatic heterocycles. The van der Waals surface area contributed by atoms with E-state index in [0.717, 1.165) is 19.3 Å². The maximum absolute atomic E-state index is 11.0. The minimum Gasteiger partial charge on any atom is -0.377 e. The molecule has 14 heavy (non-hydrogen) atoms. The molecule has 1 saturated carbocycles. The highest BCUT2D eigenvalue weighted by Crippen LogP contribution is 2.48. The molecule has 2 N–H and O–H groups in total. The monoisotopic (exact) mass is 219 g/mol. The largest absolute Gasteiger partial charge is 0.377 e. The van der Waals surface area contributed by atoms with Crippen molar-refractivity contribution in [3.63, 3.8) is 0 Å². The molecule has 1 unspecified atom stereocenters. The van der Waals surface area contributed by atoms with E-state index in [4.69, 9.17) is 9.88 Å². The molecule has 1 spiro atoms. The van der Waals surface area contributed by atoms with Crippen LogP contribution in [0.5, 0.6) is 0 Å². The maximum atomic E-state index is 11.0. The quantitative estimate of drug-likeness (QED) is 0.740. The van der Waals surface area contributed by atoms with Crippen LogP contribution >= 0.6 is 0 Å². The smallest absolute Gasteiger partial charge is 0.211 e. The molecule has 0 aromatic rings. The van der Waals surface area contributed by atoms with Crippen molar-refractivity contribution >= 4 is 10.0 Å². The topological polar surface area (TPSA) is 69.4 Å². The van der Waals surface area contributed by atoms with Gasteiger partial charge in [0.1, 0.15) is 0 Å². The fourth-order valence-electron chi connectivity index (χ4n) is 2.83. The third kappa shape index (κ3) is 1.94. The SMILES string of the molecule is NS(=O)(=O)CC1OCCC12CCCC2. The Hall–Kier alpha value is -0.130. The summed E-state index contributed by atoms with van der Waals surface area (Å²) in [5.41, 5.74) is 0.131. The molecule has 2 fully saturated rings. The van der Waals surface area contributed by atoms with Crippen LogP contribution in [0, 0.1) is 5.41 Å². The highest BCUT2D eigenvalue weighted by atomic mass is 32.2. The molecule has 2 aliphatic rings. The van der Waals surface area contributed by atoms with Crippen LogP contribution in [0.2, 0.25) is 0 Å². The van der Waals surface area contributed by atoms with Crippen LogP contribution in [0.4, 0.5) is 0 Å². The second kappa shape index (κ2) is 3.47. The van der Waals surface area contributed by atoms with Crippen molar-refractivity contribution in [3.05, 3.63) is 0 Å². The molecule has 82 valence electrons. The fourth-order valence-corrected chi connectivity index (χ4v) is 3.70. The average Bonchev–Trinajstić information content (AvgIpc) is 2.62. The molecule has 5 heteroatoms. The summed E-state index contributed by atoms with van der Waals surface area (Å²) in [6, 6.07) is 0. The van der Waals surface area contributed by atoms with Crippen LogP contribution in [-0.2, 0) is 14.8 Å². The van der Waals surface area contributed by atoms with Crippen molar-refractivity contribution in [2.45, 2.75) is 38.2 Å². The van der Waals surface area contributed by atoms with Crippen LogP contribution in [0.25, 0.3) is 0 Å². The van der Waals surface area contributed by atoms with E-state index in [2.05, 4.69) is 0 Å². The Morgan fingerprint density at radius 3 is 2.50 bits per heavy atom. The Labute approximate surface area is 84.9 Å². The van der Waals surface area contributed by atoms with Gasteiger partial charge in [0.25, 0.3) is 0 Å². The van der Waals surface area contributed by atoms with Crippen LogP contribution in [0.3, 0.4) is 0 Å². The number of sulfonamides is 1. The third-order valence-electron chi connectivity index (χ3n) is 3.59. The van der Waals surface area contributed by atoms with Gasteiger partial charge in [0.05, 0.1) is 11.9 Å². The Kier molecular flexibility index (Phi) is 2.57. The number of ether oxygens (including phenoxy) is 1. The highest BCUT2D eigenvalue weighted by molar-refractivity contribution is 7.89. The Bertz CT molecular complexity index is 301. The molecule has 0 radical (unpaired) electrons. The zero-order valence-corrected chi connectivity index (χ0v) is 9.05. The second-order valence-electron chi connectivity index (χ2n) is 4.51. The molecule has 0 aromatic heterocycles. The molecular formula is C9H17NO3S. The van der Waals surface area contributed by atoms with Crippen molar-refractivity contribution in [2.75, 3.05) is 12.4 Å². The molecule has 4 nitrogen and oxygen atoms in total. The summed E-state index contributed by atoms with van der Waals surface area (Å²) in [7, 11) is -3.40. The zero-order chi connectivity index (χ0) is 10.2. The summed E-state index contributed by atoms with van der Waals surface area (Å²) in [6.07, 6.45) is 5.46. The minimum atomic E-state index is -3.40. The predicted molar refractivity (Wildman–Crippen MR) is 53.2 cm³/mol. The van der Waals surface area contributed by atoms with Gasteiger partial charge < -0.3 is 4.74 Å². The van der Waals surface area contributed by atoms with Gasteiger partial charge in [-0.05, 0) is 24.7 Å². The van der Waals surface area contributed by atoms with Crippen molar-refractivity contribution in [3.8, 4) is 0 Å². The predicted octanol–water partition coefficient (Wildman–Crippen LogP) is 0.624. The van der Waals surface area contributed by atoms with Gasteiger partial charge in [-0.15, -0.1) is 0 Å². The van der Waals surface area contributed by atoms with E-state index < -0.39 is 10.0 Å². The first-order valence-corrected chi connectivity index (χ1v) is 6.86. The number of nitrogens with two attached hydrogens (primary N) is 1. The number of rotatable bonds is 2. The van der Waals surface area contributed by atoms with Gasteiger partial charge in [0.2, 0.25) is 10.0 Å². The van der Waals surface area contributed by atoms with Gasteiger partial charge in [-0.1, -0.05) is 12.8 Å². The second-order valence-corrected chi connectivity index (χ2v) is 6.17. The summed E-state index contributed by atoms with van der Waals surface area (Å²) in [5, 5.41) is 5.06. The Morgan fingerprint density at radius 2 is 1.93 bits per heavy atom. The van der Waals surface area contributed by atoms with Crippen molar-refractivity contribution in [1.82, 2.24) is 0 Å². The highest BCUT2D eigenvalue weighted by Gasteiger charge is 2.46. The number of primary sulfonamides is 1. The lowest BCUT2D eigenvalue weighted by Crippen LogP contribution is -2.36. The van der Waals surface area contributed by atoms with Crippen LogP contribution in [0.15, 0.2) is 0 Å². The van der Waals surface area contributed by atoms with E-state index >= 15 is 0 Å². The lowest BCUT2D eigenvalue weighted by atomic mass is 9.80. The number of hydrogen-bond acceptors (Lipinski definition) is 3. The van der Waals surface area contributed by atoms with E-state index in [1.54, 1.807) is 0 Å². The van der Waals surface area contributed by atoms with Crippen LogP contribution < -0.4 is 5.14 Å². The van der Waals surface area contributed by atoms with E-state index in [1.165, 1.54) is 12.8 Å². The van der Waals surface area contributed by atoms with E-state index in [0.29, 0.717) is 6.61 Å². The maximum Gasteiger partial charge on any atom is 0.211 e. The molecule has 0 aromatic carbocycles. The summed E-state index contributed by atoms with van der Waals surface area (Å²) >= 11 is 0. The van der Waals surface area contributed by atoms with Crippen molar-refractivity contribution in [2.24, 2.45) is 10.6 Å². The van der Waals surface area contributed by atoms with E-state index in [-0.39, 0.29) is 17.3 Å². The molecule has 1 atom stereocenters. The van der Waals surface area contributed by atoms with Crippen molar-refractivity contribution < 1.29 is 13.2 Å². The minimum absolute atomic E-state index is 0.00694. The van der Waals surface area contributed by atoms with Gasteiger partial charge in [-0.25, -0.2) is 13.6 Å². The summed E-state index contributed by atoms with van der Waals surface area (Å²) in [4.78, 5) is 0. The fraction of sp³-hybridized carbons (Fsp3) is 1.00. The van der Waals surface area contributed by atoms with Gasteiger partial charge in [0.15, 0.2) is 0 Å². The van der Waals surface area contributed by atoms with E-state index in [9.17, 15) is 8.42 Å². The number of hydrogen-bond donors (Lipinski definition) is 1. The van der Waals surface area contributed by atoms with Crippen LogP contribution in [-0.4, -0.2) is 26.9 Å². The molecule has 1 saturated heterocycles. The third-order valence-corrected chi connectivity index (χ3v) is 4.35. The lowest BCUT2D eigenvalue weighted by Gasteiger charge is -2.28. The normalized spacial score (nSPS) is 31.4. The molecule has 2 rings (SSSR count). The van der Waals surface area contributed by atoms with Gasteiger partial charge in [-0.2, -0.15) is 0 Å². The summed E-state index contributed by atoms with van der Waals surface area (Å²) in [5.74, 6) is -0.00694. The van der Waals surface area contributed by atoms with E-state index in [1.807, 2.05) is 0 Å². The first kappa shape index (κ1) is 10.4.